The van der Waals surface area contributed by atoms with Crippen LogP contribution in [0.25, 0.3) is 0 Å². The van der Waals surface area contributed by atoms with Crippen LogP contribution in [0.1, 0.15) is 29.9 Å². The number of hydrogen-bond donors (Lipinski definition) is 1. The number of amides is 1. The van der Waals surface area contributed by atoms with Crippen molar-refractivity contribution in [1.82, 2.24) is 8.87 Å². The van der Waals surface area contributed by atoms with Gasteiger partial charge in [0.25, 0.3) is 5.91 Å². The summed E-state index contributed by atoms with van der Waals surface area (Å²) in [6, 6.07) is 4.41. The zero-order chi connectivity index (χ0) is 24.4. The first-order chi connectivity index (χ1) is 15.5. The molecular weight excluding hydrogens is 461 g/mol. The second-order valence-electron chi connectivity index (χ2n) is 7.54. The summed E-state index contributed by atoms with van der Waals surface area (Å²) in [5, 5.41) is 2.54. The molecule has 2 aromatic rings. The number of alkyl halides is 3. The van der Waals surface area contributed by atoms with Crippen LogP contribution in [0.3, 0.4) is 0 Å². The Bertz CT molecular complexity index is 1110. The summed E-state index contributed by atoms with van der Waals surface area (Å²) in [5.74, 6) is -0.714. The van der Waals surface area contributed by atoms with Crippen molar-refractivity contribution >= 4 is 27.3 Å². The van der Waals surface area contributed by atoms with Crippen molar-refractivity contribution in [3.05, 3.63) is 41.7 Å². The third kappa shape index (κ3) is 5.33. The minimum Gasteiger partial charge on any atom is -0.379 e. The third-order valence-electron chi connectivity index (χ3n) is 5.50. The van der Waals surface area contributed by atoms with Crippen LogP contribution >= 0.6 is 0 Å². The normalized spacial score (nSPS) is 15.5. The number of benzene rings is 1. The molecule has 3 rings (SSSR count). The topological polar surface area (TPSA) is 83.9 Å². The van der Waals surface area contributed by atoms with Crippen LogP contribution in [0.15, 0.2) is 35.4 Å². The van der Waals surface area contributed by atoms with Gasteiger partial charge < -0.3 is 19.5 Å². The van der Waals surface area contributed by atoms with Crippen LogP contribution in [0.2, 0.25) is 0 Å². The third-order valence-corrected chi connectivity index (χ3v) is 7.36. The van der Waals surface area contributed by atoms with Gasteiger partial charge in [-0.15, -0.1) is 0 Å². The lowest BCUT2D eigenvalue weighted by molar-refractivity contribution is -0.137. The zero-order valence-corrected chi connectivity index (χ0v) is 19.5. The van der Waals surface area contributed by atoms with E-state index in [1.807, 2.05) is 18.7 Å². The van der Waals surface area contributed by atoms with Gasteiger partial charge in [0.05, 0.1) is 30.2 Å². The van der Waals surface area contributed by atoms with Crippen molar-refractivity contribution in [3.8, 4) is 0 Å². The van der Waals surface area contributed by atoms with E-state index in [2.05, 4.69) is 5.32 Å². The van der Waals surface area contributed by atoms with Gasteiger partial charge in [-0.2, -0.15) is 17.5 Å². The number of ether oxygens (including phenoxy) is 1. The summed E-state index contributed by atoms with van der Waals surface area (Å²) >= 11 is 0. The average molecular weight is 489 g/mol. The molecule has 12 heteroatoms. The van der Waals surface area contributed by atoms with Gasteiger partial charge in [0.2, 0.25) is 10.0 Å². The molecule has 0 bridgehead atoms. The maximum absolute atomic E-state index is 13.3. The molecule has 1 aliphatic heterocycles. The Morgan fingerprint density at radius 1 is 1.15 bits per heavy atom. The van der Waals surface area contributed by atoms with Crippen molar-refractivity contribution in [2.45, 2.75) is 24.9 Å². The fraction of sp³-hybridized carbons (Fsp3) is 0.476. The molecule has 1 aliphatic rings. The van der Waals surface area contributed by atoms with Crippen molar-refractivity contribution in [2.75, 3.05) is 49.6 Å². The van der Waals surface area contributed by atoms with Gasteiger partial charge in [0, 0.05) is 39.4 Å². The molecule has 1 aromatic carbocycles. The highest BCUT2D eigenvalue weighted by Gasteiger charge is 2.32. The second kappa shape index (κ2) is 9.74. The van der Waals surface area contributed by atoms with Crippen molar-refractivity contribution < 1.29 is 31.1 Å². The van der Waals surface area contributed by atoms with Gasteiger partial charge in [0.15, 0.2) is 0 Å². The smallest absolute Gasteiger partial charge is 0.379 e. The maximum atomic E-state index is 13.3. The molecule has 182 valence electrons. The van der Waals surface area contributed by atoms with Crippen LogP contribution in [0, 0.1) is 0 Å². The van der Waals surface area contributed by atoms with Crippen molar-refractivity contribution in [1.29, 1.82) is 0 Å². The molecule has 0 saturated carbocycles. The van der Waals surface area contributed by atoms with E-state index in [0.717, 1.165) is 12.1 Å². The molecule has 8 nitrogen and oxygen atoms in total. The molecule has 0 radical (unpaired) electrons. The Morgan fingerprint density at radius 2 is 1.79 bits per heavy atom. The summed E-state index contributed by atoms with van der Waals surface area (Å²) in [6.07, 6.45) is -3.26. The van der Waals surface area contributed by atoms with E-state index in [1.54, 1.807) is 0 Å². The molecule has 1 amide bonds. The molecule has 1 aromatic heterocycles. The van der Waals surface area contributed by atoms with Crippen LogP contribution in [-0.2, 0) is 28.0 Å². The van der Waals surface area contributed by atoms with Crippen LogP contribution in [-0.4, -0.2) is 62.6 Å². The number of nitrogens with one attached hydrogen (secondary N) is 1. The minimum atomic E-state index is -4.58. The lowest BCUT2D eigenvalue weighted by atomic mass is 10.1. The number of morpholine rings is 1. The van der Waals surface area contributed by atoms with Crippen LogP contribution in [0.4, 0.5) is 24.5 Å². The Hall–Kier alpha value is -2.57. The molecule has 0 aliphatic carbocycles. The average Bonchev–Trinajstić information content (AvgIpc) is 3.18. The van der Waals surface area contributed by atoms with E-state index in [0.29, 0.717) is 18.8 Å². The zero-order valence-electron chi connectivity index (χ0n) is 18.6. The summed E-state index contributed by atoms with van der Waals surface area (Å²) in [4.78, 5) is 14.8. The number of nitrogens with zero attached hydrogens (tertiary/aromatic N) is 3. The van der Waals surface area contributed by atoms with E-state index < -0.39 is 27.7 Å². The fourth-order valence-corrected chi connectivity index (χ4v) is 5.16. The molecule has 0 spiro atoms. The number of sulfonamides is 1. The number of hydrogen-bond acceptors (Lipinski definition) is 5. The molecule has 1 saturated heterocycles. The predicted octanol–water partition coefficient (Wildman–Crippen LogP) is 3.16. The van der Waals surface area contributed by atoms with Gasteiger partial charge in [-0.1, -0.05) is 0 Å². The van der Waals surface area contributed by atoms with Crippen LogP contribution in [0.5, 0.6) is 0 Å². The van der Waals surface area contributed by atoms with Gasteiger partial charge >= 0.3 is 6.18 Å². The molecule has 0 atom stereocenters. The van der Waals surface area contributed by atoms with E-state index >= 15 is 0 Å². The summed E-state index contributed by atoms with van der Waals surface area (Å²) in [6.45, 7) is 5.73. The maximum Gasteiger partial charge on any atom is 0.416 e. The molecule has 2 heterocycles. The molecule has 1 N–H and O–H groups in total. The quantitative estimate of drug-likeness (QED) is 0.647. The standard InChI is InChI=1S/C21H27F3N4O4S/c1-4-27(5-2)18-7-6-15(21(22,23)24)12-17(18)25-20(29)19-13-16(14-26(19)3)33(30,31)28-8-10-32-11-9-28/h6-7,12-14H,4-5,8-11H2,1-3H3,(H,25,29). The number of aromatic nitrogens is 1. The van der Waals surface area contributed by atoms with E-state index in [1.165, 1.54) is 34.2 Å². The summed E-state index contributed by atoms with van der Waals surface area (Å²) < 4.78 is 73.5. The largest absolute Gasteiger partial charge is 0.416 e. The van der Waals surface area contributed by atoms with Gasteiger partial charge in [-0.25, -0.2) is 8.42 Å². The fourth-order valence-electron chi connectivity index (χ4n) is 3.68. The number of anilines is 2. The Morgan fingerprint density at radius 3 is 2.36 bits per heavy atom. The highest BCUT2D eigenvalue weighted by Crippen LogP contribution is 2.35. The monoisotopic (exact) mass is 488 g/mol. The summed E-state index contributed by atoms with van der Waals surface area (Å²) in [7, 11) is -2.33. The van der Waals surface area contributed by atoms with E-state index in [-0.39, 0.29) is 42.6 Å². The second-order valence-corrected chi connectivity index (χ2v) is 9.48. The van der Waals surface area contributed by atoms with Crippen LogP contribution < -0.4 is 10.2 Å². The number of aryl methyl sites for hydroxylation is 1. The van der Waals surface area contributed by atoms with Crippen molar-refractivity contribution in [3.63, 3.8) is 0 Å². The highest BCUT2D eigenvalue weighted by molar-refractivity contribution is 7.89. The Kier molecular flexibility index (Phi) is 7.39. The lowest BCUT2D eigenvalue weighted by Crippen LogP contribution is -2.40. The first-order valence-electron chi connectivity index (χ1n) is 10.5. The SMILES string of the molecule is CCN(CC)c1ccc(C(F)(F)F)cc1NC(=O)c1cc(S(=O)(=O)N2CCOCC2)cn1C. The minimum absolute atomic E-state index is 0.00249. The van der Waals surface area contributed by atoms with Gasteiger partial charge in [-0.05, 0) is 38.1 Å². The van der Waals surface area contributed by atoms with E-state index in [4.69, 9.17) is 4.74 Å². The van der Waals surface area contributed by atoms with Gasteiger partial charge in [0.1, 0.15) is 10.6 Å². The molecule has 0 unspecified atom stereocenters. The van der Waals surface area contributed by atoms with E-state index in [9.17, 15) is 26.4 Å². The number of carbonyl (C=O) groups is 1. The Balaban J connectivity index is 1.94. The highest BCUT2D eigenvalue weighted by atomic mass is 32.2. The summed E-state index contributed by atoms with van der Waals surface area (Å²) in [5.41, 5.74) is -0.449. The number of halogens is 3. The predicted molar refractivity (Wildman–Crippen MR) is 118 cm³/mol. The lowest BCUT2D eigenvalue weighted by Gasteiger charge is -2.25. The number of carbonyl (C=O) groups excluding carboxylic acids is 1. The van der Waals surface area contributed by atoms with Gasteiger partial charge in [-0.3, -0.25) is 4.79 Å². The van der Waals surface area contributed by atoms with Crippen molar-refractivity contribution in [2.24, 2.45) is 7.05 Å². The first kappa shape index (κ1) is 25.1. The molecular formula is C21H27F3N4O4S. The Labute approximate surface area is 191 Å². The number of rotatable bonds is 7. The first-order valence-corrected chi connectivity index (χ1v) is 11.9. The molecule has 33 heavy (non-hydrogen) atoms. The molecule has 1 fully saturated rings.